The molecule has 4 heteroatoms. The Kier molecular flexibility index (Phi) is 4.15. The maximum atomic E-state index is 13.2. The summed E-state index contributed by atoms with van der Waals surface area (Å²) in [6.07, 6.45) is 0. The summed E-state index contributed by atoms with van der Waals surface area (Å²) in [5.74, 6) is -0.264. The molecule has 1 N–H and O–H groups in total. The van der Waals surface area contributed by atoms with E-state index in [1.807, 2.05) is 76.2 Å². The standard InChI is InChI=1S/C21H24N2O2/c1-20(2,3)22-19(25)21(4)17-13-9-8-12-16(17)18(24)23(21)14-15-10-6-5-7-11-15/h5-13H,14H2,1-4H3,(H,22,25)/t21-/m0/s1. The van der Waals surface area contributed by atoms with Crippen molar-refractivity contribution in [2.45, 2.75) is 45.3 Å². The van der Waals surface area contributed by atoms with Gasteiger partial charge >= 0.3 is 0 Å². The first-order chi connectivity index (χ1) is 11.7. The molecule has 0 saturated carbocycles. The zero-order valence-corrected chi connectivity index (χ0v) is 15.2. The minimum absolute atomic E-state index is 0.106. The number of fused-ring (bicyclic) bond motifs is 1. The maximum Gasteiger partial charge on any atom is 0.255 e. The predicted molar refractivity (Wildman–Crippen MR) is 98.0 cm³/mol. The van der Waals surface area contributed by atoms with E-state index >= 15 is 0 Å². The molecule has 0 bridgehead atoms. The second-order valence-electron chi connectivity index (χ2n) is 7.70. The van der Waals surface area contributed by atoms with Gasteiger partial charge in [-0.2, -0.15) is 0 Å². The van der Waals surface area contributed by atoms with Gasteiger partial charge in [0, 0.05) is 17.6 Å². The SMILES string of the molecule is CC(C)(C)NC(=O)[C@]1(C)c2ccccc2C(=O)N1Cc1ccccc1. The normalized spacial score (nSPS) is 19.7. The van der Waals surface area contributed by atoms with Crippen LogP contribution in [0, 0.1) is 0 Å². The molecule has 0 saturated heterocycles. The van der Waals surface area contributed by atoms with Gasteiger partial charge in [-0.25, -0.2) is 0 Å². The van der Waals surface area contributed by atoms with Crippen molar-refractivity contribution in [3.63, 3.8) is 0 Å². The van der Waals surface area contributed by atoms with E-state index in [1.54, 1.807) is 11.0 Å². The number of nitrogens with one attached hydrogen (secondary N) is 1. The molecule has 4 nitrogen and oxygen atoms in total. The lowest BCUT2D eigenvalue weighted by atomic mass is 9.89. The lowest BCUT2D eigenvalue weighted by Gasteiger charge is -2.37. The van der Waals surface area contributed by atoms with Crippen LogP contribution in [0.25, 0.3) is 0 Å². The molecule has 25 heavy (non-hydrogen) atoms. The van der Waals surface area contributed by atoms with E-state index in [9.17, 15) is 9.59 Å². The number of hydrogen-bond donors (Lipinski definition) is 1. The number of carbonyl (C=O) groups excluding carboxylic acids is 2. The van der Waals surface area contributed by atoms with Gasteiger partial charge in [0.1, 0.15) is 5.54 Å². The van der Waals surface area contributed by atoms with Crippen molar-refractivity contribution >= 4 is 11.8 Å². The molecule has 130 valence electrons. The number of hydrogen-bond acceptors (Lipinski definition) is 2. The summed E-state index contributed by atoms with van der Waals surface area (Å²) in [7, 11) is 0. The lowest BCUT2D eigenvalue weighted by molar-refractivity contribution is -0.133. The minimum atomic E-state index is -1.03. The van der Waals surface area contributed by atoms with Gasteiger partial charge in [0.15, 0.2) is 0 Å². The van der Waals surface area contributed by atoms with Crippen molar-refractivity contribution in [1.82, 2.24) is 10.2 Å². The summed E-state index contributed by atoms with van der Waals surface area (Å²) in [5, 5.41) is 3.05. The molecule has 0 radical (unpaired) electrons. The Balaban J connectivity index is 2.06. The van der Waals surface area contributed by atoms with E-state index in [-0.39, 0.29) is 17.4 Å². The van der Waals surface area contributed by atoms with Gasteiger partial charge < -0.3 is 10.2 Å². The highest BCUT2D eigenvalue weighted by Crippen LogP contribution is 2.40. The molecule has 2 amide bonds. The van der Waals surface area contributed by atoms with E-state index in [0.717, 1.165) is 11.1 Å². The van der Waals surface area contributed by atoms with Gasteiger partial charge in [0.05, 0.1) is 0 Å². The fourth-order valence-electron chi connectivity index (χ4n) is 3.29. The molecule has 1 aliphatic heterocycles. The highest BCUT2D eigenvalue weighted by Gasteiger charge is 2.51. The number of benzene rings is 2. The summed E-state index contributed by atoms with van der Waals surface area (Å²) in [6.45, 7) is 8.05. The largest absolute Gasteiger partial charge is 0.349 e. The fraction of sp³-hybridized carbons (Fsp3) is 0.333. The van der Waals surface area contributed by atoms with E-state index in [0.29, 0.717) is 12.1 Å². The molecule has 0 unspecified atom stereocenters. The molecular weight excluding hydrogens is 312 g/mol. The first-order valence-corrected chi connectivity index (χ1v) is 8.51. The van der Waals surface area contributed by atoms with Gasteiger partial charge in [-0.3, -0.25) is 9.59 Å². The summed E-state index contributed by atoms with van der Waals surface area (Å²) >= 11 is 0. The molecule has 1 heterocycles. The first-order valence-electron chi connectivity index (χ1n) is 8.51. The van der Waals surface area contributed by atoms with Crippen molar-refractivity contribution in [3.05, 3.63) is 71.3 Å². The van der Waals surface area contributed by atoms with Crippen molar-refractivity contribution in [2.24, 2.45) is 0 Å². The molecule has 1 aliphatic rings. The molecule has 2 aromatic carbocycles. The van der Waals surface area contributed by atoms with Crippen LogP contribution in [0.15, 0.2) is 54.6 Å². The van der Waals surface area contributed by atoms with E-state index < -0.39 is 5.54 Å². The summed E-state index contributed by atoms with van der Waals surface area (Å²) in [4.78, 5) is 27.9. The van der Waals surface area contributed by atoms with Crippen molar-refractivity contribution in [3.8, 4) is 0 Å². The minimum Gasteiger partial charge on any atom is -0.349 e. The van der Waals surface area contributed by atoms with Gasteiger partial charge in [0.25, 0.3) is 11.8 Å². The fourth-order valence-corrected chi connectivity index (χ4v) is 3.29. The van der Waals surface area contributed by atoms with Crippen LogP contribution in [0.4, 0.5) is 0 Å². The average Bonchev–Trinajstić information content (AvgIpc) is 2.78. The van der Waals surface area contributed by atoms with Crippen molar-refractivity contribution < 1.29 is 9.59 Å². The van der Waals surface area contributed by atoms with Crippen molar-refractivity contribution in [1.29, 1.82) is 0 Å². The Hall–Kier alpha value is -2.62. The number of rotatable bonds is 3. The van der Waals surface area contributed by atoms with Gasteiger partial charge in [0.2, 0.25) is 0 Å². The van der Waals surface area contributed by atoms with Gasteiger partial charge in [-0.05, 0) is 44.9 Å². The topological polar surface area (TPSA) is 49.4 Å². The molecule has 0 aromatic heterocycles. The summed E-state index contributed by atoms with van der Waals surface area (Å²) < 4.78 is 0. The van der Waals surface area contributed by atoms with Crippen LogP contribution in [0.1, 0.15) is 49.2 Å². The lowest BCUT2D eigenvalue weighted by Crippen LogP contribution is -2.56. The van der Waals surface area contributed by atoms with E-state index in [2.05, 4.69) is 5.32 Å². The average molecular weight is 336 g/mol. The Morgan fingerprint density at radius 1 is 1.04 bits per heavy atom. The highest BCUT2D eigenvalue weighted by molar-refractivity contribution is 6.06. The Labute approximate surface area is 148 Å². The second kappa shape index (κ2) is 6.03. The second-order valence-corrected chi connectivity index (χ2v) is 7.70. The van der Waals surface area contributed by atoms with Crippen LogP contribution in [0.5, 0.6) is 0 Å². The highest BCUT2D eigenvalue weighted by atomic mass is 16.2. The predicted octanol–water partition coefficient (Wildman–Crippen LogP) is 3.47. The number of amides is 2. The first kappa shape index (κ1) is 17.2. The smallest absolute Gasteiger partial charge is 0.255 e. The van der Waals surface area contributed by atoms with Crippen LogP contribution in [0.3, 0.4) is 0 Å². The zero-order chi connectivity index (χ0) is 18.2. The van der Waals surface area contributed by atoms with Crippen LogP contribution in [-0.4, -0.2) is 22.3 Å². The molecular formula is C21H24N2O2. The molecule has 1 atom stereocenters. The van der Waals surface area contributed by atoms with E-state index in [1.165, 1.54) is 0 Å². The third kappa shape index (κ3) is 3.04. The van der Waals surface area contributed by atoms with Crippen LogP contribution >= 0.6 is 0 Å². The quantitative estimate of drug-likeness (QED) is 0.933. The van der Waals surface area contributed by atoms with Crippen molar-refractivity contribution in [2.75, 3.05) is 0 Å². The molecule has 0 fully saturated rings. The summed E-state index contributed by atoms with van der Waals surface area (Å²) in [5.41, 5.74) is 0.955. The maximum absolute atomic E-state index is 13.2. The third-order valence-electron chi connectivity index (χ3n) is 4.58. The zero-order valence-electron chi connectivity index (χ0n) is 15.2. The Bertz CT molecular complexity index is 808. The van der Waals surface area contributed by atoms with Crippen LogP contribution in [0.2, 0.25) is 0 Å². The Morgan fingerprint density at radius 3 is 2.28 bits per heavy atom. The van der Waals surface area contributed by atoms with Gasteiger partial charge in [-0.15, -0.1) is 0 Å². The monoisotopic (exact) mass is 336 g/mol. The number of carbonyl (C=O) groups is 2. The molecule has 0 aliphatic carbocycles. The third-order valence-corrected chi connectivity index (χ3v) is 4.58. The van der Waals surface area contributed by atoms with Crippen LogP contribution in [-0.2, 0) is 16.9 Å². The van der Waals surface area contributed by atoms with Gasteiger partial charge in [-0.1, -0.05) is 48.5 Å². The van der Waals surface area contributed by atoms with Crippen LogP contribution < -0.4 is 5.32 Å². The Morgan fingerprint density at radius 2 is 1.64 bits per heavy atom. The summed E-state index contributed by atoms with van der Waals surface area (Å²) in [6, 6.07) is 17.1. The number of nitrogens with zero attached hydrogens (tertiary/aromatic N) is 1. The molecule has 2 aromatic rings. The molecule has 3 rings (SSSR count). The van der Waals surface area contributed by atoms with E-state index in [4.69, 9.17) is 0 Å². The molecule has 0 spiro atoms.